The summed E-state index contributed by atoms with van der Waals surface area (Å²) in [7, 11) is -3.56. The average Bonchev–Trinajstić information content (AvgIpc) is 2.47. The fourth-order valence-corrected chi connectivity index (χ4v) is 4.57. The summed E-state index contributed by atoms with van der Waals surface area (Å²) >= 11 is 0. The van der Waals surface area contributed by atoms with Gasteiger partial charge in [-0.2, -0.15) is 4.31 Å². The summed E-state index contributed by atoms with van der Waals surface area (Å²) in [6.07, 6.45) is 1.93. The molecule has 2 unspecified atom stereocenters. The number of benzene rings is 1. The zero-order valence-corrected chi connectivity index (χ0v) is 13.2. The number of hydrogen-bond acceptors (Lipinski definition) is 3. The van der Waals surface area contributed by atoms with E-state index in [1.807, 2.05) is 6.92 Å². The lowest BCUT2D eigenvalue weighted by Crippen LogP contribution is -2.45. The summed E-state index contributed by atoms with van der Waals surface area (Å²) in [6.45, 7) is 4.29. The molecule has 0 aliphatic carbocycles. The quantitative estimate of drug-likeness (QED) is 0.848. The highest BCUT2D eigenvalue weighted by atomic mass is 32.2. The van der Waals surface area contributed by atoms with Crippen LogP contribution in [0.15, 0.2) is 29.2 Å². The Kier molecular flexibility index (Phi) is 5.04. The van der Waals surface area contributed by atoms with Crippen molar-refractivity contribution >= 4 is 10.0 Å². The molecule has 114 valence electrons. The molecule has 5 heteroatoms. The van der Waals surface area contributed by atoms with Gasteiger partial charge in [0, 0.05) is 18.2 Å². The largest absolute Gasteiger partial charge is 0.384 e. The molecule has 1 fully saturated rings. The normalized spacial score (nSPS) is 23.4. The Labute approximate surface area is 126 Å². The van der Waals surface area contributed by atoms with Crippen LogP contribution in [-0.2, 0) is 10.0 Å². The van der Waals surface area contributed by atoms with Gasteiger partial charge in [0.2, 0.25) is 10.0 Å². The predicted octanol–water partition coefficient (Wildman–Crippen LogP) is 1.84. The lowest BCUT2D eigenvalue weighted by Gasteiger charge is -2.35. The van der Waals surface area contributed by atoms with Crippen molar-refractivity contribution in [2.24, 2.45) is 5.92 Å². The minimum Gasteiger partial charge on any atom is -0.384 e. The van der Waals surface area contributed by atoms with Crippen LogP contribution in [0.25, 0.3) is 0 Å². The summed E-state index contributed by atoms with van der Waals surface area (Å²) in [5.74, 6) is 5.62. The van der Waals surface area contributed by atoms with Crippen LogP contribution in [0.3, 0.4) is 0 Å². The van der Waals surface area contributed by atoms with E-state index in [2.05, 4.69) is 18.8 Å². The maximum Gasteiger partial charge on any atom is 0.244 e. The third-order valence-corrected chi connectivity index (χ3v) is 5.87. The number of aliphatic hydroxyl groups is 1. The number of rotatable bonds is 2. The standard InChI is InChI=1S/C16H21NO3S/c1-13-9-10-14(2)17(12-13)21(19,20)16-8-4-3-6-15(16)7-5-11-18/h3-4,6,8,13-14,18H,9-12H2,1-2H3. The lowest BCUT2D eigenvalue weighted by molar-refractivity contribution is 0.218. The predicted molar refractivity (Wildman–Crippen MR) is 82.2 cm³/mol. The van der Waals surface area contributed by atoms with E-state index >= 15 is 0 Å². The molecular weight excluding hydrogens is 286 g/mol. The Hall–Kier alpha value is -1.35. The van der Waals surface area contributed by atoms with Crippen molar-refractivity contribution in [3.63, 3.8) is 0 Å². The molecule has 0 saturated carbocycles. The van der Waals surface area contributed by atoms with E-state index < -0.39 is 10.0 Å². The number of hydrogen-bond donors (Lipinski definition) is 1. The van der Waals surface area contributed by atoms with E-state index in [9.17, 15) is 8.42 Å². The molecule has 1 aliphatic rings. The van der Waals surface area contributed by atoms with Gasteiger partial charge < -0.3 is 5.11 Å². The fourth-order valence-electron chi connectivity index (χ4n) is 2.64. The van der Waals surface area contributed by atoms with Gasteiger partial charge in [-0.05, 0) is 37.8 Å². The fraction of sp³-hybridized carbons (Fsp3) is 0.500. The molecular formula is C16H21NO3S. The molecule has 4 nitrogen and oxygen atoms in total. The molecule has 21 heavy (non-hydrogen) atoms. The van der Waals surface area contributed by atoms with Crippen LogP contribution in [0.2, 0.25) is 0 Å². The maximum atomic E-state index is 12.9. The van der Waals surface area contributed by atoms with E-state index in [-0.39, 0.29) is 17.5 Å². The summed E-state index contributed by atoms with van der Waals surface area (Å²) < 4.78 is 27.4. The number of piperidine rings is 1. The molecule has 0 aromatic heterocycles. The second kappa shape index (κ2) is 6.61. The van der Waals surface area contributed by atoms with E-state index in [1.165, 1.54) is 0 Å². The van der Waals surface area contributed by atoms with Gasteiger partial charge in [0.25, 0.3) is 0 Å². The first-order valence-electron chi connectivity index (χ1n) is 7.17. The monoisotopic (exact) mass is 307 g/mol. The van der Waals surface area contributed by atoms with Gasteiger partial charge >= 0.3 is 0 Å². The Morgan fingerprint density at radius 2 is 2.00 bits per heavy atom. The van der Waals surface area contributed by atoms with Gasteiger partial charge in [-0.25, -0.2) is 8.42 Å². The molecule has 0 amide bonds. The van der Waals surface area contributed by atoms with Gasteiger partial charge in [-0.15, -0.1) is 0 Å². The third-order valence-electron chi connectivity index (χ3n) is 3.84. The molecule has 2 rings (SSSR count). The van der Waals surface area contributed by atoms with E-state index in [0.717, 1.165) is 12.8 Å². The van der Waals surface area contributed by atoms with Crippen LogP contribution < -0.4 is 0 Å². The SMILES string of the molecule is CC1CCC(C)N(S(=O)(=O)c2ccccc2C#CCO)C1. The van der Waals surface area contributed by atoms with Crippen molar-refractivity contribution in [1.29, 1.82) is 0 Å². The van der Waals surface area contributed by atoms with Gasteiger partial charge in [0.15, 0.2) is 0 Å². The molecule has 1 saturated heterocycles. The summed E-state index contributed by atoms with van der Waals surface area (Å²) in [6, 6.07) is 6.72. The summed E-state index contributed by atoms with van der Waals surface area (Å²) in [5.41, 5.74) is 0.442. The van der Waals surface area contributed by atoms with Crippen molar-refractivity contribution in [1.82, 2.24) is 4.31 Å². The highest BCUT2D eigenvalue weighted by Gasteiger charge is 2.34. The molecule has 0 spiro atoms. The molecule has 2 atom stereocenters. The van der Waals surface area contributed by atoms with Crippen molar-refractivity contribution < 1.29 is 13.5 Å². The number of nitrogens with zero attached hydrogens (tertiary/aromatic N) is 1. The second-order valence-corrected chi connectivity index (χ2v) is 7.42. The Balaban J connectivity index is 2.44. The minimum atomic E-state index is -3.56. The van der Waals surface area contributed by atoms with Crippen molar-refractivity contribution in [3.8, 4) is 11.8 Å². The van der Waals surface area contributed by atoms with Gasteiger partial charge in [0.1, 0.15) is 6.61 Å². The van der Waals surface area contributed by atoms with Gasteiger partial charge in [0.05, 0.1) is 4.90 Å². The summed E-state index contributed by atoms with van der Waals surface area (Å²) in [5, 5.41) is 8.81. The van der Waals surface area contributed by atoms with E-state index in [0.29, 0.717) is 18.0 Å². The van der Waals surface area contributed by atoms with Crippen molar-refractivity contribution in [2.75, 3.05) is 13.2 Å². The molecule has 0 radical (unpaired) electrons. The van der Waals surface area contributed by atoms with Crippen LogP contribution in [0.5, 0.6) is 0 Å². The Morgan fingerprint density at radius 3 is 2.71 bits per heavy atom. The maximum absolute atomic E-state index is 12.9. The Morgan fingerprint density at radius 1 is 1.29 bits per heavy atom. The van der Waals surface area contributed by atoms with Gasteiger partial charge in [-0.3, -0.25) is 0 Å². The molecule has 1 aliphatic heterocycles. The van der Waals surface area contributed by atoms with Crippen molar-refractivity contribution in [2.45, 2.75) is 37.6 Å². The van der Waals surface area contributed by atoms with E-state index in [1.54, 1.807) is 28.6 Å². The molecule has 1 aromatic rings. The van der Waals surface area contributed by atoms with Gasteiger partial charge in [-0.1, -0.05) is 30.9 Å². The van der Waals surface area contributed by atoms with Crippen LogP contribution in [-0.4, -0.2) is 37.0 Å². The van der Waals surface area contributed by atoms with Crippen LogP contribution >= 0.6 is 0 Å². The smallest absolute Gasteiger partial charge is 0.244 e. The topological polar surface area (TPSA) is 57.6 Å². The average molecular weight is 307 g/mol. The summed E-state index contributed by atoms with van der Waals surface area (Å²) in [4.78, 5) is 0.229. The van der Waals surface area contributed by atoms with Crippen LogP contribution in [0.4, 0.5) is 0 Å². The first-order chi connectivity index (χ1) is 9.96. The Bertz CT molecular complexity index is 658. The van der Waals surface area contributed by atoms with Crippen LogP contribution in [0, 0.1) is 17.8 Å². The number of aliphatic hydroxyl groups excluding tert-OH is 1. The third kappa shape index (κ3) is 3.46. The minimum absolute atomic E-state index is 0.00468. The van der Waals surface area contributed by atoms with Crippen molar-refractivity contribution in [3.05, 3.63) is 29.8 Å². The molecule has 1 N–H and O–H groups in total. The molecule has 0 bridgehead atoms. The second-order valence-electron chi connectivity index (χ2n) is 5.56. The molecule has 1 aromatic carbocycles. The molecule has 1 heterocycles. The zero-order chi connectivity index (χ0) is 15.5. The van der Waals surface area contributed by atoms with Crippen LogP contribution in [0.1, 0.15) is 32.3 Å². The number of sulfonamides is 1. The lowest BCUT2D eigenvalue weighted by atomic mass is 9.97. The highest BCUT2D eigenvalue weighted by Crippen LogP contribution is 2.29. The first kappa shape index (κ1) is 16.0. The zero-order valence-electron chi connectivity index (χ0n) is 12.4. The highest BCUT2D eigenvalue weighted by molar-refractivity contribution is 7.89. The first-order valence-corrected chi connectivity index (χ1v) is 8.61. The van der Waals surface area contributed by atoms with E-state index in [4.69, 9.17) is 5.11 Å².